The molecular weight excluding hydrogens is 278 g/mol. The fraction of sp³-hybridized carbons (Fsp3) is 0.571. The van der Waals surface area contributed by atoms with Crippen LogP contribution in [0.15, 0.2) is 18.6 Å². The van der Waals surface area contributed by atoms with Crippen molar-refractivity contribution in [2.75, 3.05) is 0 Å². The van der Waals surface area contributed by atoms with Crippen molar-refractivity contribution in [3.63, 3.8) is 0 Å². The number of imidazole rings is 1. The van der Waals surface area contributed by atoms with Gasteiger partial charge in [0.05, 0.1) is 12.2 Å². The molecule has 4 rings (SSSR count). The summed E-state index contributed by atoms with van der Waals surface area (Å²) in [5.41, 5.74) is 1.82. The Morgan fingerprint density at radius 3 is 3.00 bits per heavy atom. The minimum atomic E-state index is -0.492. The van der Waals surface area contributed by atoms with Gasteiger partial charge in [-0.2, -0.15) is 0 Å². The number of halogens is 1. The summed E-state index contributed by atoms with van der Waals surface area (Å²) in [6.45, 7) is 3.94. The summed E-state index contributed by atoms with van der Waals surface area (Å²) >= 11 is 6.08. The second kappa shape index (κ2) is 4.16. The fourth-order valence-electron chi connectivity index (χ4n) is 3.43. The van der Waals surface area contributed by atoms with Gasteiger partial charge in [0.25, 0.3) is 0 Å². The number of hydrogen-bond donors (Lipinski definition) is 0. The van der Waals surface area contributed by atoms with Crippen molar-refractivity contribution in [3.05, 3.63) is 29.4 Å². The van der Waals surface area contributed by atoms with Crippen LogP contribution in [-0.2, 0) is 9.47 Å². The van der Waals surface area contributed by atoms with Gasteiger partial charge in [-0.3, -0.25) is 4.40 Å². The molecule has 0 spiro atoms. The van der Waals surface area contributed by atoms with E-state index in [2.05, 4.69) is 9.97 Å². The third-order valence-corrected chi connectivity index (χ3v) is 4.44. The Bertz CT molecular complexity index is 669. The first-order valence-corrected chi connectivity index (χ1v) is 7.26. The van der Waals surface area contributed by atoms with Crippen molar-refractivity contribution < 1.29 is 9.47 Å². The summed E-state index contributed by atoms with van der Waals surface area (Å²) in [4.78, 5) is 8.45. The Kier molecular flexibility index (Phi) is 2.61. The van der Waals surface area contributed by atoms with Crippen LogP contribution in [0.3, 0.4) is 0 Å². The van der Waals surface area contributed by atoms with E-state index in [1.54, 1.807) is 6.20 Å². The Labute approximate surface area is 121 Å². The van der Waals surface area contributed by atoms with Gasteiger partial charge >= 0.3 is 0 Å². The summed E-state index contributed by atoms with van der Waals surface area (Å²) in [6, 6.07) is 0. The third kappa shape index (κ3) is 1.77. The average Bonchev–Trinajstić information content (AvgIpc) is 3.01. The zero-order valence-electron chi connectivity index (χ0n) is 11.4. The highest BCUT2D eigenvalue weighted by Gasteiger charge is 2.50. The minimum absolute atomic E-state index is 0.0943. The minimum Gasteiger partial charge on any atom is -0.345 e. The topological polar surface area (TPSA) is 48.7 Å². The maximum atomic E-state index is 6.08. The largest absolute Gasteiger partial charge is 0.345 e. The summed E-state index contributed by atoms with van der Waals surface area (Å²) < 4.78 is 14.0. The summed E-state index contributed by atoms with van der Waals surface area (Å²) in [5, 5.41) is 0.428. The molecule has 0 unspecified atom stereocenters. The molecule has 2 aliphatic rings. The molecule has 3 atom stereocenters. The maximum absolute atomic E-state index is 6.08. The van der Waals surface area contributed by atoms with E-state index in [9.17, 15) is 0 Å². The lowest BCUT2D eigenvalue weighted by atomic mass is 10.0. The van der Waals surface area contributed by atoms with E-state index in [1.807, 2.05) is 30.6 Å². The summed E-state index contributed by atoms with van der Waals surface area (Å²) in [5.74, 6) is -0.205. The highest BCUT2D eigenvalue weighted by molar-refractivity contribution is 6.32. The number of fused-ring (bicyclic) bond motifs is 2. The SMILES string of the molecule is CC1(C)O[C@@H]2[C@@H](CC[C@H]2c2cnc3c(Cl)nccn23)O1. The van der Waals surface area contributed by atoms with E-state index in [4.69, 9.17) is 21.1 Å². The zero-order valence-corrected chi connectivity index (χ0v) is 12.2. The van der Waals surface area contributed by atoms with E-state index >= 15 is 0 Å². The van der Waals surface area contributed by atoms with Crippen LogP contribution in [0.5, 0.6) is 0 Å². The molecule has 1 saturated carbocycles. The average molecular weight is 294 g/mol. The van der Waals surface area contributed by atoms with Gasteiger partial charge in [0.2, 0.25) is 0 Å². The predicted octanol–water partition coefficient (Wildman–Crippen LogP) is 2.78. The molecule has 2 aromatic rings. The highest BCUT2D eigenvalue weighted by Crippen LogP contribution is 2.46. The van der Waals surface area contributed by atoms with E-state index in [0.29, 0.717) is 10.8 Å². The lowest BCUT2D eigenvalue weighted by Gasteiger charge is -2.21. The first-order chi connectivity index (χ1) is 9.55. The van der Waals surface area contributed by atoms with Gasteiger partial charge in [-0.15, -0.1) is 0 Å². The van der Waals surface area contributed by atoms with Crippen molar-refractivity contribution in [2.24, 2.45) is 0 Å². The molecule has 0 bridgehead atoms. The van der Waals surface area contributed by atoms with Crippen molar-refractivity contribution in [3.8, 4) is 0 Å². The number of ether oxygens (including phenoxy) is 2. The van der Waals surface area contributed by atoms with Gasteiger partial charge in [0.1, 0.15) is 0 Å². The van der Waals surface area contributed by atoms with E-state index < -0.39 is 5.79 Å². The molecule has 6 heteroatoms. The molecule has 0 N–H and O–H groups in total. The number of nitrogens with zero attached hydrogens (tertiary/aromatic N) is 3. The van der Waals surface area contributed by atoms with Crippen LogP contribution in [0.2, 0.25) is 5.15 Å². The number of hydrogen-bond acceptors (Lipinski definition) is 4. The molecule has 1 aliphatic heterocycles. The summed E-state index contributed by atoms with van der Waals surface area (Å²) in [6.07, 6.45) is 7.81. The van der Waals surface area contributed by atoms with Crippen LogP contribution in [0.1, 0.15) is 38.3 Å². The second-order valence-corrected chi connectivity index (χ2v) is 6.28. The molecular formula is C14H16ClN3O2. The summed E-state index contributed by atoms with van der Waals surface area (Å²) in [7, 11) is 0. The van der Waals surface area contributed by atoms with Crippen LogP contribution in [0.25, 0.3) is 5.65 Å². The molecule has 1 aliphatic carbocycles. The molecule has 5 nitrogen and oxygen atoms in total. The van der Waals surface area contributed by atoms with Gasteiger partial charge in [-0.05, 0) is 26.7 Å². The van der Waals surface area contributed by atoms with E-state index in [-0.39, 0.29) is 18.1 Å². The van der Waals surface area contributed by atoms with E-state index in [1.165, 1.54) is 0 Å². The monoisotopic (exact) mass is 293 g/mol. The second-order valence-electron chi connectivity index (χ2n) is 5.92. The van der Waals surface area contributed by atoms with Crippen LogP contribution >= 0.6 is 11.6 Å². The first-order valence-electron chi connectivity index (χ1n) is 6.88. The van der Waals surface area contributed by atoms with Gasteiger partial charge < -0.3 is 9.47 Å². The smallest absolute Gasteiger partial charge is 0.175 e. The van der Waals surface area contributed by atoms with Crippen LogP contribution in [0.4, 0.5) is 0 Å². The van der Waals surface area contributed by atoms with Crippen molar-refractivity contribution in [1.29, 1.82) is 0 Å². The van der Waals surface area contributed by atoms with Gasteiger partial charge in [-0.1, -0.05) is 11.6 Å². The van der Waals surface area contributed by atoms with Crippen molar-refractivity contribution in [1.82, 2.24) is 14.4 Å². The number of aromatic nitrogens is 3. The van der Waals surface area contributed by atoms with Crippen LogP contribution in [-0.4, -0.2) is 32.4 Å². The van der Waals surface area contributed by atoms with Gasteiger partial charge in [0, 0.05) is 30.2 Å². The van der Waals surface area contributed by atoms with Gasteiger partial charge in [-0.25, -0.2) is 9.97 Å². The standard InChI is InChI=1S/C14H16ClN3O2/c1-14(2)19-10-4-3-8(11(10)20-14)9-7-17-13-12(15)16-5-6-18(9)13/h5-8,10-11H,3-4H2,1-2H3/t8-,10+,11-/m0/s1. The fourth-order valence-corrected chi connectivity index (χ4v) is 3.63. The Hall–Kier alpha value is -1.17. The first kappa shape index (κ1) is 12.6. The molecule has 106 valence electrons. The maximum Gasteiger partial charge on any atom is 0.175 e. The quantitative estimate of drug-likeness (QED) is 0.811. The highest BCUT2D eigenvalue weighted by atomic mass is 35.5. The molecule has 2 fully saturated rings. The van der Waals surface area contributed by atoms with Gasteiger partial charge in [0.15, 0.2) is 16.6 Å². The molecule has 3 heterocycles. The molecule has 0 aromatic carbocycles. The molecule has 2 aromatic heterocycles. The lowest BCUT2D eigenvalue weighted by molar-refractivity contribution is -0.153. The third-order valence-electron chi connectivity index (χ3n) is 4.17. The Morgan fingerprint density at radius 2 is 2.15 bits per heavy atom. The number of rotatable bonds is 1. The van der Waals surface area contributed by atoms with Crippen molar-refractivity contribution in [2.45, 2.75) is 50.6 Å². The van der Waals surface area contributed by atoms with E-state index in [0.717, 1.165) is 18.5 Å². The zero-order chi connectivity index (χ0) is 13.9. The molecule has 1 saturated heterocycles. The molecule has 0 amide bonds. The molecule has 0 radical (unpaired) electrons. The predicted molar refractivity (Wildman–Crippen MR) is 73.8 cm³/mol. The Balaban J connectivity index is 1.75. The van der Waals surface area contributed by atoms with Crippen molar-refractivity contribution >= 4 is 17.2 Å². The Morgan fingerprint density at radius 1 is 1.30 bits per heavy atom. The van der Waals surface area contributed by atoms with Crippen LogP contribution in [0, 0.1) is 0 Å². The molecule has 20 heavy (non-hydrogen) atoms. The lowest BCUT2D eigenvalue weighted by Crippen LogP contribution is -2.24. The van der Waals surface area contributed by atoms with Crippen LogP contribution < -0.4 is 0 Å². The normalized spacial score (nSPS) is 31.9.